The molecule has 0 amide bonds. The fourth-order valence-electron chi connectivity index (χ4n) is 1.60. The fraction of sp³-hybridized carbons (Fsp3) is 0.571. The Morgan fingerprint density at radius 3 is 2.72 bits per heavy atom. The van der Waals surface area contributed by atoms with Gasteiger partial charge in [0.2, 0.25) is 0 Å². The third-order valence-corrected chi connectivity index (χ3v) is 2.62. The van der Waals surface area contributed by atoms with Crippen LogP contribution in [0.3, 0.4) is 0 Å². The lowest BCUT2D eigenvalue weighted by Gasteiger charge is -2.04. The summed E-state index contributed by atoms with van der Waals surface area (Å²) >= 11 is 0. The van der Waals surface area contributed by atoms with Crippen molar-refractivity contribution < 1.29 is 14.3 Å². The molecule has 1 rings (SSSR count). The monoisotopic (exact) mass is 251 g/mol. The van der Waals surface area contributed by atoms with Gasteiger partial charge in [0.05, 0.1) is 6.61 Å². The highest BCUT2D eigenvalue weighted by Gasteiger charge is 2.08. The molecule has 18 heavy (non-hydrogen) atoms. The van der Waals surface area contributed by atoms with Crippen LogP contribution >= 0.6 is 0 Å². The van der Waals surface area contributed by atoms with Crippen LogP contribution in [0.4, 0.5) is 0 Å². The molecule has 0 saturated carbocycles. The first kappa shape index (κ1) is 14.5. The first-order chi connectivity index (χ1) is 8.67. The summed E-state index contributed by atoms with van der Waals surface area (Å²) in [4.78, 5) is 23.1. The Kier molecular flexibility index (Phi) is 6.19. The molecule has 1 heterocycles. The molecule has 0 N–H and O–H groups in total. The van der Waals surface area contributed by atoms with Crippen molar-refractivity contribution in [3.8, 4) is 0 Å². The lowest BCUT2D eigenvalue weighted by molar-refractivity contribution is -0.144. The highest BCUT2D eigenvalue weighted by molar-refractivity contribution is 5.95. The van der Waals surface area contributed by atoms with Gasteiger partial charge in [-0.2, -0.15) is 0 Å². The van der Waals surface area contributed by atoms with E-state index in [4.69, 9.17) is 4.74 Å². The third kappa shape index (κ3) is 4.73. The van der Waals surface area contributed by atoms with Crippen molar-refractivity contribution >= 4 is 11.8 Å². The van der Waals surface area contributed by atoms with Crippen molar-refractivity contribution in [2.45, 2.75) is 46.1 Å². The van der Waals surface area contributed by atoms with Gasteiger partial charge in [0.25, 0.3) is 0 Å². The van der Waals surface area contributed by atoms with Gasteiger partial charge in [-0.05, 0) is 18.9 Å². The van der Waals surface area contributed by atoms with E-state index in [0.29, 0.717) is 18.6 Å². The predicted octanol–water partition coefficient (Wildman–Crippen LogP) is 2.81. The second kappa shape index (κ2) is 7.69. The molecule has 0 spiro atoms. The third-order valence-electron chi connectivity index (χ3n) is 2.62. The van der Waals surface area contributed by atoms with Gasteiger partial charge in [-0.3, -0.25) is 9.59 Å². The van der Waals surface area contributed by atoms with E-state index in [2.05, 4.69) is 0 Å². The molecular weight excluding hydrogens is 230 g/mol. The van der Waals surface area contributed by atoms with Gasteiger partial charge < -0.3 is 9.30 Å². The first-order valence-electron chi connectivity index (χ1n) is 6.52. The van der Waals surface area contributed by atoms with Crippen molar-refractivity contribution in [2.75, 3.05) is 6.61 Å². The van der Waals surface area contributed by atoms with Gasteiger partial charge in [-0.1, -0.05) is 20.3 Å². The molecule has 1 aromatic rings. The number of ether oxygens (including phenoxy) is 1. The molecule has 4 heteroatoms. The van der Waals surface area contributed by atoms with Crippen LogP contribution < -0.4 is 0 Å². The summed E-state index contributed by atoms with van der Waals surface area (Å²) in [5.41, 5.74) is 0.665. The minimum absolute atomic E-state index is 0.121. The smallest absolute Gasteiger partial charge is 0.325 e. The van der Waals surface area contributed by atoms with E-state index in [1.165, 1.54) is 0 Å². The van der Waals surface area contributed by atoms with Gasteiger partial charge in [0, 0.05) is 24.4 Å². The van der Waals surface area contributed by atoms with Crippen LogP contribution in [0.2, 0.25) is 0 Å². The van der Waals surface area contributed by atoms with Crippen molar-refractivity contribution in [3.63, 3.8) is 0 Å². The van der Waals surface area contributed by atoms with Gasteiger partial charge in [-0.25, -0.2) is 0 Å². The molecule has 0 aromatic carbocycles. The number of Topliss-reactive ketones (excluding diaryl/α,β-unsaturated/α-hetero) is 1. The number of hydrogen-bond acceptors (Lipinski definition) is 3. The maximum Gasteiger partial charge on any atom is 0.325 e. The van der Waals surface area contributed by atoms with E-state index >= 15 is 0 Å². The topological polar surface area (TPSA) is 48.3 Å². The number of esters is 1. The normalized spacial score (nSPS) is 10.3. The van der Waals surface area contributed by atoms with Crippen molar-refractivity contribution in [3.05, 3.63) is 24.0 Å². The average molecular weight is 251 g/mol. The maximum atomic E-state index is 11.6. The Morgan fingerprint density at radius 1 is 1.28 bits per heavy atom. The van der Waals surface area contributed by atoms with E-state index in [0.717, 1.165) is 19.3 Å². The van der Waals surface area contributed by atoms with E-state index in [1.54, 1.807) is 23.0 Å². The number of aromatic nitrogens is 1. The van der Waals surface area contributed by atoms with Gasteiger partial charge in [-0.15, -0.1) is 0 Å². The second-order valence-electron chi connectivity index (χ2n) is 4.32. The first-order valence-corrected chi connectivity index (χ1v) is 6.52. The highest BCUT2D eigenvalue weighted by Crippen LogP contribution is 2.06. The molecule has 0 aliphatic heterocycles. The molecule has 0 aliphatic rings. The Hall–Kier alpha value is -1.58. The van der Waals surface area contributed by atoms with Gasteiger partial charge in [0.1, 0.15) is 6.54 Å². The summed E-state index contributed by atoms with van der Waals surface area (Å²) in [6, 6.07) is 1.75. The van der Waals surface area contributed by atoms with Crippen LogP contribution in [0.15, 0.2) is 18.5 Å². The van der Waals surface area contributed by atoms with Crippen LogP contribution in [-0.4, -0.2) is 22.9 Å². The molecule has 0 unspecified atom stereocenters. The number of nitrogens with zero attached hydrogens (tertiary/aromatic N) is 1. The summed E-state index contributed by atoms with van der Waals surface area (Å²) < 4.78 is 6.75. The van der Waals surface area contributed by atoms with Crippen molar-refractivity contribution in [1.29, 1.82) is 0 Å². The number of carbonyl (C=O) groups is 2. The van der Waals surface area contributed by atoms with Crippen LogP contribution in [-0.2, 0) is 16.1 Å². The SMILES string of the molecule is CCCCOC(=O)Cn1ccc(C(=O)CCC)c1. The number of unbranched alkanes of at least 4 members (excludes halogenated alkanes) is 1. The molecule has 1 aromatic heterocycles. The highest BCUT2D eigenvalue weighted by atomic mass is 16.5. The molecule has 0 bridgehead atoms. The van der Waals surface area contributed by atoms with Crippen molar-refractivity contribution in [2.24, 2.45) is 0 Å². The fourth-order valence-corrected chi connectivity index (χ4v) is 1.60. The summed E-state index contributed by atoms with van der Waals surface area (Å²) in [5.74, 6) is -0.135. The molecule has 0 radical (unpaired) electrons. The van der Waals surface area contributed by atoms with Gasteiger partial charge >= 0.3 is 5.97 Å². The number of hydrogen-bond donors (Lipinski definition) is 0. The summed E-state index contributed by atoms with van der Waals surface area (Å²) in [6.45, 7) is 4.66. The summed E-state index contributed by atoms with van der Waals surface area (Å²) in [5, 5.41) is 0. The molecule has 0 atom stereocenters. The lowest BCUT2D eigenvalue weighted by Crippen LogP contribution is -2.13. The molecular formula is C14H21NO3. The lowest BCUT2D eigenvalue weighted by atomic mass is 10.1. The van der Waals surface area contributed by atoms with Crippen LogP contribution in [0.25, 0.3) is 0 Å². The molecule has 0 saturated heterocycles. The van der Waals surface area contributed by atoms with E-state index in [9.17, 15) is 9.59 Å². The minimum Gasteiger partial charge on any atom is -0.464 e. The van der Waals surface area contributed by atoms with Crippen LogP contribution in [0, 0.1) is 0 Å². The standard InChI is InChI=1S/C14H21NO3/c1-3-5-9-18-14(17)11-15-8-7-12(10-15)13(16)6-4-2/h7-8,10H,3-6,9,11H2,1-2H3. The zero-order valence-corrected chi connectivity index (χ0v) is 11.1. The number of ketones is 1. The Balaban J connectivity index is 2.43. The molecule has 100 valence electrons. The number of rotatable bonds is 8. The average Bonchev–Trinajstić information content (AvgIpc) is 2.78. The predicted molar refractivity (Wildman–Crippen MR) is 69.5 cm³/mol. The largest absolute Gasteiger partial charge is 0.464 e. The Morgan fingerprint density at radius 2 is 2.06 bits per heavy atom. The number of carbonyl (C=O) groups excluding carboxylic acids is 2. The zero-order valence-electron chi connectivity index (χ0n) is 11.1. The van der Waals surface area contributed by atoms with Crippen LogP contribution in [0.1, 0.15) is 49.9 Å². The molecule has 4 nitrogen and oxygen atoms in total. The minimum atomic E-state index is -0.256. The van der Waals surface area contributed by atoms with Crippen LogP contribution in [0.5, 0.6) is 0 Å². The van der Waals surface area contributed by atoms with Gasteiger partial charge in [0.15, 0.2) is 5.78 Å². The summed E-state index contributed by atoms with van der Waals surface area (Å²) in [7, 11) is 0. The maximum absolute atomic E-state index is 11.6. The van der Waals surface area contributed by atoms with Crippen molar-refractivity contribution in [1.82, 2.24) is 4.57 Å². The van der Waals surface area contributed by atoms with E-state index in [-0.39, 0.29) is 18.3 Å². The zero-order chi connectivity index (χ0) is 13.4. The summed E-state index contributed by atoms with van der Waals surface area (Å²) in [6.07, 6.45) is 6.72. The molecule has 0 aliphatic carbocycles. The van der Waals surface area contributed by atoms with E-state index < -0.39 is 0 Å². The Bertz CT molecular complexity index is 395. The quantitative estimate of drug-likeness (QED) is 0.405. The van der Waals surface area contributed by atoms with E-state index in [1.807, 2.05) is 13.8 Å². The second-order valence-corrected chi connectivity index (χ2v) is 4.32. The Labute approximate surface area is 108 Å². The molecule has 0 fully saturated rings.